The minimum Gasteiger partial charge on any atom is -0.402 e. The molecule has 10 heteroatoms. The number of fused-ring (bicyclic) bond motifs is 1. The van der Waals surface area contributed by atoms with Gasteiger partial charge in [0.2, 0.25) is 0 Å². The number of hydrogen-bond donors (Lipinski definition) is 1. The molecule has 7 nitrogen and oxygen atoms in total. The summed E-state index contributed by atoms with van der Waals surface area (Å²) in [5.74, 6) is 0.987. The van der Waals surface area contributed by atoms with Crippen LogP contribution in [-0.2, 0) is 0 Å². The van der Waals surface area contributed by atoms with Crippen molar-refractivity contribution in [2.45, 2.75) is 64.4 Å². The molecule has 3 aliphatic rings. The molecule has 0 bridgehead atoms. The summed E-state index contributed by atoms with van der Waals surface area (Å²) in [5, 5.41) is 4.82. The van der Waals surface area contributed by atoms with Crippen LogP contribution in [0.4, 0.5) is 19.0 Å². The molecule has 0 amide bonds. The van der Waals surface area contributed by atoms with Crippen molar-refractivity contribution >= 4 is 5.82 Å². The summed E-state index contributed by atoms with van der Waals surface area (Å²) in [7, 11) is 0. The number of aromatic nitrogens is 3. The topological polar surface area (TPSA) is 72.4 Å². The van der Waals surface area contributed by atoms with Crippen molar-refractivity contribution in [2.75, 3.05) is 38.5 Å². The monoisotopic (exact) mass is 492 g/mol. The fourth-order valence-corrected chi connectivity index (χ4v) is 6.12. The summed E-state index contributed by atoms with van der Waals surface area (Å²) >= 11 is 0. The summed E-state index contributed by atoms with van der Waals surface area (Å²) in [6, 6.07) is 4.19. The van der Waals surface area contributed by atoms with Gasteiger partial charge in [-0.3, -0.25) is 9.58 Å². The highest BCUT2D eigenvalue weighted by Crippen LogP contribution is 2.64. The van der Waals surface area contributed by atoms with Crippen molar-refractivity contribution in [2.24, 2.45) is 11.8 Å². The first-order chi connectivity index (χ1) is 16.7. The van der Waals surface area contributed by atoms with Crippen LogP contribution in [0.3, 0.4) is 0 Å². The summed E-state index contributed by atoms with van der Waals surface area (Å²) in [6.07, 6.45) is -0.0138. The van der Waals surface area contributed by atoms with E-state index < -0.39 is 12.1 Å². The van der Waals surface area contributed by atoms with Gasteiger partial charge in [0.15, 0.2) is 11.6 Å². The predicted octanol–water partition coefficient (Wildman–Crippen LogP) is 4.53. The van der Waals surface area contributed by atoms with Gasteiger partial charge in [0.1, 0.15) is 0 Å². The Hall–Kier alpha value is -2.33. The Bertz CT molecular complexity index is 1040. The Morgan fingerprint density at radius 1 is 1.11 bits per heavy atom. The third-order valence-corrected chi connectivity index (χ3v) is 8.31. The van der Waals surface area contributed by atoms with Crippen LogP contribution in [0.25, 0.3) is 11.3 Å². The molecule has 1 aliphatic heterocycles. The van der Waals surface area contributed by atoms with Crippen LogP contribution in [0.2, 0.25) is 0 Å². The van der Waals surface area contributed by atoms with Gasteiger partial charge in [0, 0.05) is 61.6 Å². The predicted molar refractivity (Wildman–Crippen MR) is 128 cm³/mol. The van der Waals surface area contributed by atoms with Gasteiger partial charge in [-0.05, 0) is 56.7 Å². The number of piperazine rings is 1. The Labute approximate surface area is 204 Å². The first kappa shape index (κ1) is 24.4. The van der Waals surface area contributed by atoms with Gasteiger partial charge in [-0.15, -0.1) is 13.2 Å². The van der Waals surface area contributed by atoms with Crippen LogP contribution in [0.1, 0.15) is 57.7 Å². The van der Waals surface area contributed by atoms with E-state index in [-0.39, 0.29) is 11.9 Å². The zero-order valence-corrected chi connectivity index (χ0v) is 20.6. The molecule has 0 radical (unpaired) electrons. The molecule has 2 aliphatic carbocycles. The van der Waals surface area contributed by atoms with Crippen molar-refractivity contribution in [3.8, 4) is 17.0 Å². The van der Waals surface area contributed by atoms with E-state index in [0.29, 0.717) is 35.1 Å². The molecular weight excluding hydrogens is 457 g/mol. The lowest BCUT2D eigenvalue weighted by molar-refractivity contribution is -0.274. The van der Waals surface area contributed by atoms with E-state index in [0.717, 1.165) is 39.1 Å². The minimum absolute atomic E-state index is 0.200. The average Bonchev–Trinajstić information content (AvgIpc) is 3.17. The number of halogens is 3. The summed E-state index contributed by atoms with van der Waals surface area (Å²) in [5.41, 5.74) is 7.89. The lowest BCUT2D eigenvalue weighted by Gasteiger charge is -2.38. The number of anilines is 1. The van der Waals surface area contributed by atoms with E-state index in [1.165, 1.54) is 30.8 Å². The number of alkyl halides is 3. The molecule has 192 valence electrons. The maximum absolute atomic E-state index is 12.8. The molecule has 1 saturated heterocycles. The van der Waals surface area contributed by atoms with Crippen molar-refractivity contribution in [3.05, 3.63) is 24.0 Å². The highest BCUT2D eigenvalue weighted by atomic mass is 19.4. The molecule has 35 heavy (non-hydrogen) atoms. The molecule has 5 atom stereocenters. The van der Waals surface area contributed by atoms with E-state index in [4.69, 9.17) is 10.8 Å². The van der Waals surface area contributed by atoms with Gasteiger partial charge >= 0.3 is 6.36 Å². The molecule has 2 aromatic rings. The third kappa shape index (κ3) is 4.87. The highest BCUT2D eigenvalue weighted by molar-refractivity contribution is 5.64. The zero-order chi connectivity index (χ0) is 24.9. The van der Waals surface area contributed by atoms with Gasteiger partial charge in [-0.25, -0.2) is 4.98 Å². The number of nitrogens with two attached hydrogens (primary N) is 1. The largest absolute Gasteiger partial charge is 0.573 e. The van der Waals surface area contributed by atoms with Crippen molar-refractivity contribution in [3.63, 3.8) is 0 Å². The number of nitrogen functional groups attached to an aromatic ring is 1. The van der Waals surface area contributed by atoms with E-state index in [1.54, 1.807) is 0 Å². The van der Waals surface area contributed by atoms with Crippen LogP contribution >= 0.6 is 0 Å². The first-order valence-corrected chi connectivity index (χ1v) is 12.8. The lowest BCUT2D eigenvalue weighted by Crippen LogP contribution is -2.49. The van der Waals surface area contributed by atoms with Gasteiger partial charge in [0.05, 0.1) is 5.69 Å². The van der Waals surface area contributed by atoms with Crippen molar-refractivity contribution < 1.29 is 17.9 Å². The van der Waals surface area contributed by atoms with E-state index >= 15 is 0 Å². The average molecular weight is 493 g/mol. The normalized spacial score (nSPS) is 28.2. The third-order valence-electron chi connectivity index (χ3n) is 8.31. The SMILES string of the molecule is CCC(C)n1nc(-c2cnc(N)c(OC(F)(F)F)c2)cc1C1[C@H]2CC(N3CCN(CC)CC3)C[C@@H]12. The molecule has 3 heterocycles. The van der Waals surface area contributed by atoms with Crippen LogP contribution < -0.4 is 10.5 Å². The molecule has 2 aromatic heterocycles. The second kappa shape index (κ2) is 9.28. The maximum Gasteiger partial charge on any atom is 0.573 e. The summed E-state index contributed by atoms with van der Waals surface area (Å²) in [4.78, 5) is 9.12. The molecular formula is C25H35F3N6O. The van der Waals surface area contributed by atoms with Crippen LogP contribution in [-0.4, -0.2) is 69.7 Å². The molecule has 0 spiro atoms. The van der Waals surface area contributed by atoms with E-state index in [1.807, 2.05) is 6.07 Å². The number of hydrogen-bond acceptors (Lipinski definition) is 6. The zero-order valence-electron chi connectivity index (χ0n) is 20.6. The van der Waals surface area contributed by atoms with Gasteiger partial charge in [0.25, 0.3) is 0 Å². The molecule has 5 rings (SSSR count). The molecule has 2 N–H and O–H groups in total. The van der Waals surface area contributed by atoms with Gasteiger partial charge in [-0.1, -0.05) is 13.8 Å². The lowest BCUT2D eigenvalue weighted by atomic mass is 10.0. The number of pyridine rings is 1. The quantitative estimate of drug-likeness (QED) is 0.613. The smallest absolute Gasteiger partial charge is 0.402 e. The molecule has 3 fully saturated rings. The van der Waals surface area contributed by atoms with Gasteiger partial charge in [-0.2, -0.15) is 5.10 Å². The highest BCUT2D eigenvalue weighted by Gasteiger charge is 2.58. The number of nitrogens with zero attached hydrogens (tertiary/aromatic N) is 5. The second-order valence-corrected chi connectivity index (χ2v) is 10.3. The number of rotatable bonds is 7. The molecule has 3 unspecified atom stereocenters. The van der Waals surface area contributed by atoms with Gasteiger partial charge < -0.3 is 15.4 Å². The Balaban J connectivity index is 1.34. The van der Waals surface area contributed by atoms with E-state index in [9.17, 15) is 13.2 Å². The fourth-order valence-electron chi connectivity index (χ4n) is 6.12. The van der Waals surface area contributed by atoms with Crippen molar-refractivity contribution in [1.82, 2.24) is 24.6 Å². The van der Waals surface area contributed by atoms with Crippen LogP contribution in [0.15, 0.2) is 18.3 Å². The Kier molecular flexibility index (Phi) is 6.46. The number of likely N-dealkylation sites (N-methyl/N-ethyl adjacent to an activating group) is 1. The van der Waals surface area contributed by atoms with Crippen molar-refractivity contribution in [1.29, 1.82) is 0 Å². The molecule has 2 saturated carbocycles. The van der Waals surface area contributed by atoms with Crippen LogP contribution in [0.5, 0.6) is 5.75 Å². The summed E-state index contributed by atoms with van der Waals surface area (Å²) in [6.45, 7) is 12.2. The maximum atomic E-state index is 12.8. The standard InChI is InChI=1S/C25H35F3N6O/c1-4-15(3)34-21(13-20(31-34)16-10-22(24(29)30-14-16)35-25(26,27)28)23-18-11-17(12-19(18)23)33-8-6-32(5-2)7-9-33/h10,13-15,17-19,23H,4-9,11-12H2,1-3H3,(H2,29,30)/t15?,17?,18-,19+,23?. The Morgan fingerprint density at radius 3 is 2.40 bits per heavy atom. The van der Waals surface area contributed by atoms with Crippen LogP contribution in [0, 0.1) is 11.8 Å². The fraction of sp³-hybridized carbons (Fsp3) is 0.680. The number of ether oxygens (including phenoxy) is 1. The first-order valence-electron chi connectivity index (χ1n) is 12.8. The second-order valence-electron chi connectivity index (χ2n) is 10.3. The minimum atomic E-state index is -4.83. The summed E-state index contributed by atoms with van der Waals surface area (Å²) < 4.78 is 44.5. The molecule has 0 aromatic carbocycles. The van der Waals surface area contributed by atoms with E-state index in [2.05, 4.69) is 45.0 Å². The Morgan fingerprint density at radius 2 is 1.80 bits per heavy atom.